The van der Waals surface area contributed by atoms with Crippen LogP contribution in [-0.4, -0.2) is 23.1 Å². The van der Waals surface area contributed by atoms with E-state index in [1.807, 2.05) is 12.1 Å². The zero-order valence-corrected chi connectivity index (χ0v) is 12.8. The van der Waals surface area contributed by atoms with E-state index < -0.39 is 0 Å². The molecule has 0 fully saturated rings. The van der Waals surface area contributed by atoms with E-state index >= 15 is 0 Å². The Bertz CT molecular complexity index is 378. The summed E-state index contributed by atoms with van der Waals surface area (Å²) in [4.78, 5) is 2.30. The maximum absolute atomic E-state index is 9.93. The van der Waals surface area contributed by atoms with E-state index in [0.29, 0.717) is 17.7 Å². The number of phenols is 1. The molecule has 0 bridgehead atoms. The van der Waals surface area contributed by atoms with E-state index in [-0.39, 0.29) is 6.04 Å². The summed E-state index contributed by atoms with van der Waals surface area (Å²) in [7, 11) is 2.11. The van der Waals surface area contributed by atoms with Crippen LogP contribution in [0.3, 0.4) is 0 Å². The Labute approximate surface area is 113 Å². The van der Waals surface area contributed by atoms with Crippen molar-refractivity contribution in [2.45, 2.75) is 39.8 Å². The van der Waals surface area contributed by atoms with Crippen molar-refractivity contribution in [3.63, 3.8) is 0 Å². The van der Waals surface area contributed by atoms with Crippen LogP contribution in [0.15, 0.2) is 22.7 Å². The van der Waals surface area contributed by atoms with Crippen LogP contribution in [0.4, 0.5) is 0 Å². The summed E-state index contributed by atoms with van der Waals surface area (Å²) in [5, 5.41) is 9.93. The lowest BCUT2D eigenvalue weighted by atomic mass is 10.00. The summed E-state index contributed by atoms with van der Waals surface area (Å²) in [6, 6.07) is 6.26. The number of halogens is 1. The molecule has 2 unspecified atom stereocenters. The fourth-order valence-electron chi connectivity index (χ4n) is 1.90. The van der Waals surface area contributed by atoms with Gasteiger partial charge in [-0.2, -0.15) is 0 Å². The molecule has 2 nitrogen and oxygen atoms in total. The van der Waals surface area contributed by atoms with Crippen molar-refractivity contribution in [2.24, 2.45) is 5.92 Å². The molecule has 3 heteroatoms. The highest BCUT2D eigenvalue weighted by Gasteiger charge is 2.21. The van der Waals surface area contributed by atoms with Gasteiger partial charge in [-0.1, -0.05) is 29.8 Å². The first kappa shape index (κ1) is 14.5. The smallest absolute Gasteiger partial charge is 0.120 e. The Balaban J connectivity index is 2.95. The summed E-state index contributed by atoms with van der Waals surface area (Å²) in [6.07, 6.45) is 0. The largest absolute Gasteiger partial charge is 0.508 e. The first-order valence-electron chi connectivity index (χ1n) is 6.05. The fraction of sp³-hybridized carbons (Fsp3) is 0.571. The summed E-state index contributed by atoms with van der Waals surface area (Å²) >= 11 is 3.45. The number of hydrogen-bond donors (Lipinski definition) is 1. The summed E-state index contributed by atoms with van der Waals surface area (Å²) in [5.41, 5.74) is 0.967. The molecular weight excluding hydrogens is 278 g/mol. The van der Waals surface area contributed by atoms with Crippen molar-refractivity contribution in [1.82, 2.24) is 4.90 Å². The molecule has 0 amide bonds. The van der Waals surface area contributed by atoms with Gasteiger partial charge >= 0.3 is 0 Å². The maximum atomic E-state index is 9.93. The molecule has 1 aromatic rings. The van der Waals surface area contributed by atoms with Crippen molar-refractivity contribution >= 4 is 15.9 Å². The molecule has 0 aliphatic carbocycles. The van der Waals surface area contributed by atoms with Gasteiger partial charge in [0.2, 0.25) is 0 Å². The molecule has 17 heavy (non-hydrogen) atoms. The van der Waals surface area contributed by atoms with E-state index in [0.717, 1.165) is 10.0 Å². The van der Waals surface area contributed by atoms with Gasteiger partial charge in [0.15, 0.2) is 0 Å². The van der Waals surface area contributed by atoms with Crippen LogP contribution in [0.2, 0.25) is 0 Å². The highest BCUT2D eigenvalue weighted by Crippen LogP contribution is 2.32. The lowest BCUT2D eigenvalue weighted by Gasteiger charge is -2.33. The minimum absolute atomic E-state index is 0.199. The van der Waals surface area contributed by atoms with Gasteiger partial charge in [0.05, 0.1) is 0 Å². The number of rotatable bonds is 4. The summed E-state index contributed by atoms with van der Waals surface area (Å²) in [5.74, 6) is 0.959. The van der Waals surface area contributed by atoms with Crippen LogP contribution in [0.5, 0.6) is 5.75 Å². The SMILES string of the molecule is CC(C)C(C)N(C)C(C)c1cc(Br)ccc1O. The van der Waals surface area contributed by atoms with E-state index in [9.17, 15) is 5.11 Å². The van der Waals surface area contributed by atoms with Crippen molar-refractivity contribution < 1.29 is 5.11 Å². The molecule has 1 aromatic carbocycles. The third-order valence-corrected chi connectivity index (χ3v) is 4.15. The topological polar surface area (TPSA) is 23.5 Å². The van der Waals surface area contributed by atoms with Crippen LogP contribution in [0.25, 0.3) is 0 Å². The predicted octanol–water partition coefficient (Wildman–Crippen LogP) is 4.19. The Morgan fingerprint density at radius 1 is 1.18 bits per heavy atom. The minimum atomic E-state index is 0.199. The number of phenolic OH excluding ortho intramolecular Hbond substituents is 1. The highest BCUT2D eigenvalue weighted by atomic mass is 79.9. The molecule has 0 aliphatic heterocycles. The lowest BCUT2D eigenvalue weighted by molar-refractivity contribution is 0.156. The molecule has 96 valence electrons. The zero-order valence-electron chi connectivity index (χ0n) is 11.2. The highest BCUT2D eigenvalue weighted by molar-refractivity contribution is 9.10. The molecule has 1 N–H and O–H groups in total. The lowest BCUT2D eigenvalue weighted by Crippen LogP contribution is -2.35. The molecule has 0 spiro atoms. The molecule has 0 saturated heterocycles. The second-order valence-electron chi connectivity index (χ2n) is 5.03. The molecule has 1 rings (SSSR count). The van der Waals surface area contributed by atoms with Gasteiger partial charge in [-0.25, -0.2) is 0 Å². The number of nitrogens with zero attached hydrogens (tertiary/aromatic N) is 1. The third-order valence-electron chi connectivity index (χ3n) is 3.66. The molecule has 2 atom stereocenters. The Hall–Kier alpha value is -0.540. The first-order valence-corrected chi connectivity index (χ1v) is 6.84. The van der Waals surface area contributed by atoms with Gasteiger partial charge in [0.25, 0.3) is 0 Å². The third kappa shape index (κ3) is 3.46. The van der Waals surface area contributed by atoms with Crippen LogP contribution in [0.1, 0.15) is 39.3 Å². The molecule has 0 saturated carbocycles. The maximum Gasteiger partial charge on any atom is 0.120 e. The first-order chi connectivity index (χ1) is 7.84. The average Bonchev–Trinajstić information content (AvgIpc) is 2.29. The molecule has 0 aromatic heterocycles. The molecule has 0 heterocycles. The van der Waals surface area contributed by atoms with Crippen molar-refractivity contribution in [3.05, 3.63) is 28.2 Å². The van der Waals surface area contributed by atoms with Crippen molar-refractivity contribution in [3.8, 4) is 5.75 Å². The second-order valence-corrected chi connectivity index (χ2v) is 5.94. The van der Waals surface area contributed by atoms with Crippen molar-refractivity contribution in [1.29, 1.82) is 0 Å². The van der Waals surface area contributed by atoms with Gasteiger partial charge in [0, 0.05) is 22.1 Å². The normalized spacial score (nSPS) is 15.3. The van der Waals surface area contributed by atoms with Crippen LogP contribution in [-0.2, 0) is 0 Å². The summed E-state index contributed by atoms with van der Waals surface area (Å²) in [6.45, 7) is 8.78. The Morgan fingerprint density at radius 3 is 2.29 bits per heavy atom. The Kier molecular flexibility index (Phi) is 5.02. The van der Waals surface area contributed by atoms with E-state index in [4.69, 9.17) is 0 Å². The Morgan fingerprint density at radius 2 is 1.76 bits per heavy atom. The van der Waals surface area contributed by atoms with Gasteiger partial charge in [-0.3, -0.25) is 4.90 Å². The number of benzene rings is 1. The van der Waals surface area contributed by atoms with E-state index in [1.54, 1.807) is 6.07 Å². The summed E-state index contributed by atoms with van der Waals surface area (Å²) < 4.78 is 1.00. The van der Waals surface area contributed by atoms with Crippen LogP contribution in [0, 0.1) is 5.92 Å². The molecule has 0 aliphatic rings. The molecular formula is C14H22BrNO. The van der Waals surface area contributed by atoms with Gasteiger partial charge in [-0.15, -0.1) is 0 Å². The van der Waals surface area contributed by atoms with Crippen LogP contribution >= 0.6 is 15.9 Å². The predicted molar refractivity (Wildman–Crippen MR) is 76.3 cm³/mol. The molecule has 0 radical (unpaired) electrons. The standard InChI is InChI=1S/C14H22BrNO/c1-9(2)10(3)16(5)11(4)13-8-12(15)6-7-14(13)17/h6-11,17H,1-5H3. The van der Waals surface area contributed by atoms with E-state index in [2.05, 4.69) is 55.6 Å². The van der Waals surface area contributed by atoms with E-state index in [1.165, 1.54) is 0 Å². The van der Waals surface area contributed by atoms with Crippen LogP contribution < -0.4 is 0 Å². The second kappa shape index (κ2) is 5.87. The zero-order chi connectivity index (χ0) is 13.2. The van der Waals surface area contributed by atoms with Gasteiger partial charge < -0.3 is 5.11 Å². The quantitative estimate of drug-likeness (QED) is 0.901. The minimum Gasteiger partial charge on any atom is -0.508 e. The monoisotopic (exact) mass is 299 g/mol. The fourth-order valence-corrected chi connectivity index (χ4v) is 2.28. The van der Waals surface area contributed by atoms with Gasteiger partial charge in [-0.05, 0) is 45.0 Å². The van der Waals surface area contributed by atoms with Crippen molar-refractivity contribution in [2.75, 3.05) is 7.05 Å². The van der Waals surface area contributed by atoms with Gasteiger partial charge in [0.1, 0.15) is 5.75 Å². The number of hydrogen-bond acceptors (Lipinski definition) is 2. The average molecular weight is 300 g/mol. The number of aromatic hydroxyl groups is 1.